The molecule has 27 heavy (non-hydrogen) atoms. The van der Waals surface area contributed by atoms with Crippen LogP contribution in [0.5, 0.6) is 0 Å². The van der Waals surface area contributed by atoms with Crippen molar-refractivity contribution in [3.8, 4) is 0 Å². The molecule has 0 radical (unpaired) electrons. The standard InChI is InChI=1S/C24H41FOS/c1-22(2)26-19-21-27-20-13-11-9-7-5-3-4-6-8-10-12-14-23-15-17-24(25)18-16-23/h15-18,22H,3-14,19-21H2,1-2H3. The maximum absolute atomic E-state index is 12.8. The van der Waals surface area contributed by atoms with Crippen LogP contribution >= 0.6 is 11.8 Å². The van der Waals surface area contributed by atoms with E-state index in [-0.39, 0.29) is 5.82 Å². The molecule has 0 unspecified atom stereocenters. The number of thioether (sulfide) groups is 1. The first-order chi connectivity index (χ1) is 13.2. The quantitative estimate of drug-likeness (QED) is 0.234. The Morgan fingerprint density at radius 3 is 1.81 bits per heavy atom. The molecule has 0 saturated carbocycles. The molecule has 0 saturated heterocycles. The molecule has 0 amide bonds. The Morgan fingerprint density at radius 2 is 1.26 bits per heavy atom. The third-order valence-corrected chi connectivity index (χ3v) is 5.88. The highest BCUT2D eigenvalue weighted by molar-refractivity contribution is 7.99. The van der Waals surface area contributed by atoms with Crippen molar-refractivity contribution >= 4 is 11.8 Å². The average molecular weight is 397 g/mol. The fraction of sp³-hybridized carbons (Fsp3) is 0.750. The summed E-state index contributed by atoms with van der Waals surface area (Å²) in [5, 5.41) is 0. The van der Waals surface area contributed by atoms with Gasteiger partial charge in [-0.15, -0.1) is 0 Å². The van der Waals surface area contributed by atoms with Crippen molar-refractivity contribution in [3.05, 3.63) is 35.6 Å². The van der Waals surface area contributed by atoms with Crippen molar-refractivity contribution in [1.29, 1.82) is 0 Å². The second-order valence-corrected chi connectivity index (χ2v) is 9.02. The zero-order valence-corrected chi connectivity index (χ0v) is 18.5. The van der Waals surface area contributed by atoms with E-state index in [1.165, 1.54) is 81.9 Å². The van der Waals surface area contributed by atoms with Gasteiger partial charge in [-0.2, -0.15) is 11.8 Å². The third kappa shape index (κ3) is 16.1. The van der Waals surface area contributed by atoms with Crippen molar-refractivity contribution in [3.63, 3.8) is 0 Å². The second kappa shape index (κ2) is 17.6. The molecule has 0 heterocycles. The smallest absolute Gasteiger partial charge is 0.123 e. The number of halogens is 1. The topological polar surface area (TPSA) is 9.23 Å². The molecule has 1 nitrogen and oxygen atoms in total. The number of ether oxygens (including phenoxy) is 1. The summed E-state index contributed by atoms with van der Waals surface area (Å²) in [5.41, 5.74) is 1.26. The number of aryl methyl sites for hydroxylation is 1. The van der Waals surface area contributed by atoms with E-state index in [1.807, 2.05) is 23.9 Å². The van der Waals surface area contributed by atoms with Crippen LogP contribution in [0.2, 0.25) is 0 Å². The number of unbranched alkanes of at least 4 members (excludes halogenated alkanes) is 10. The summed E-state index contributed by atoms with van der Waals surface area (Å²) in [6, 6.07) is 6.96. The Balaban J connectivity index is 1.72. The van der Waals surface area contributed by atoms with Crippen LogP contribution in [0.1, 0.15) is 90.0 Å². The van der Waals surface area contributed by atoms with Crippen molar-refractivity contribution in [2.45, 2.75) is 97.0 Å². The van der Waals surface area contributed by atoms with Gasteiger partial charge in [0.2, 0.25) is 0 Å². The maximum Gasteiger partial charge on any atom is 0.123 e. The monoisotopic (exact) mass is 396 g/mol. The van der Waals surface area contributed by atoms with Crippen LogP contribution in [0.15, 0.2) is 24.3 Å². The zero-order chi connectivity index (χ0) is 19.6. The highest BCUT2D eigenvalue weighted by Gasteiger charge is 1.97. The summed E-state index contributed by atoms with van der Waals surface area (Å²) in [4.78, 5) is 0. The van der Waals surface area contributed by atoms with Gasteiger partial charge in [0.25, 0.3) is 0 Å². The number of rotatable bonds is 18. The van der Waals surface area contributed by atoms with Crippen LogP contribution < -0.4 is 0 Å². The molecule has 3 heteroatoms. The first-order valence-electron chi connectivity index (χ1n) is 11.1. The Kier molecular flexibility index (Phi) is 15.9. The van der Waals surface area contributed by atoms with Gasteiger partial charge in [0.05, 0.1) is 12.7 Å². The Morgan fingerprint density at radius 1 is 0.741 bits per heavy atom. The summed E-state index contributed by atoms with van der Waals surface area (Å²) < 4.78 is 18.4. The zero-order valence-electron chi connectivity index (χ0n) is 17.7. The average Bonchev–Trinajstić information content (AvgIpc) is 2.65. The molecule has 0 bridgehead atoms. The van der Waals surface area contributed by atoms with Gasteiger partial charge < -0.3 is 4.74 Å². The van der Waals surface area contributed by atoms with Crippen LogP contribution in [-0.4, -0.2) is 24.2 Å². The molecule has 1 aromatic rings. The SMILES string of the molecule is CC(C)OCCSCCCCCCCCCCCCCc1ccc(F)cc1. The Bertz CT molecular complexity index is 433. The predicted octanol–water partition coefficient (Wildman–Crippen LogP) is 7.82. The van der Waals surface area contributed by atoms with E-state index in [0.29, 0.717) is 6.10 Å². The number of hydrogen-bond acceptors (Lipinski definition) is 2. The van der Waals surface area contributed by atoms with Crippen LogP contribution in [0.3, 0.4) is 0 Å². The van der Waals surface area contributed by atoms with Gasteiger partial charge in [0.15, 0.2) is 0 Å². The van der Waals surface area contributed by atoms with Gasteiger partial charge in [0.1, 0.15) is 5.82 Å². The molecular weight excluding hydrogens is 355 g/mol. The Hall–Kier alpha value is -0.540. The third-order valence-electron chi connectivity index (χ3n) is 4.85. The molecule has 0 aliphatic carbocycles. The maximum atomic E-state index is 12.8. The predicted molar refractivity (Wildman–Crippen MR) is 119 cm³/mol. The van der Waals surface area contributed by atoms with Gasteiger partial charge >= 0.3 is 0 Å². The van der Waals surface area contributed by atoms with Crippen molar-refractivity contribution in [2.75, 3.05) is 18.1 Å². The van der Waals surface area contributed by atoms with E-state index in [4.69, 9.17) is 4.74 Å². The van der Waals surface area contributed by atoms with E-state index in [1.54, 1.807) is 12.1 Å². The molecule has 1 rings (SSSR count). The molecule has 1 aromatic carbocycles. The molecule has 156 valence electrons. The highest BCUT2D eigenvalue weighted by Crippen LogP contribution is 2.14. The molecule has 0 aliphatic rings. The molecule has 0 N–H and O–H groups in total. The van der Waals surface area contributed by atoms with Crippen molar-refractivity contribution in [1.82, 2.24) is 0 Å². The minimum absolute atomic E-state index is 0.134. The summed E-state index contributed by atoms with van der Waals surface area (Å²) in [5.74, 6) is 2.30. The summed E-state index contributed by atoms with van der Waals surface area (Å²) in [7, 11) is 0. The largest absolute Gasteiger partial charge is 0.378 e. The minimum atomic E-state index is -0.134. The van der Waals surface area contributed by atoms with Crippen molar-refractivity contribution in [2.24, 2.45) is 0 Å². The lowest BCUT2D eigenvalue weighted by Gasteiger charge is -2.07. The highest BCUT2D eigenvalue weighted by atomic mass is 32.2. The van der Waals surface area contributed by atoms with E-state index in [2.05, 4.69) is 13.8 Å². The van der Waals surface area contributed by atoms with Gasteiger partial charge in [0, 0.05) is 5.75 Å². The van der Waals surface area contributed by atoms with Crippen LogP contribution in [-0.2, 0) is 11.2 Å². The summed E-state index contributed by atoms with van der Waals surface area (Å²) in [6.45, 7) is 5.09. The fourth-order valence-electron chi connectivity index (χ4n) is 3.22. The molecular formula is C24H41FOS. The lowest BCUT2D eigenvalue weighted by atomic mass is 10.0. The molecule has 0 aliphatic heterocycles. The molecule has 0 spiro atoms. The van der Waals surface area contributed by atoms with E-state index in [0.717, 1.165) is 18.8 Å². The van der Waals surface area contributed by atoms with Gasteiger partial charge in [-0.05, 0) is 56.6 Å². The number of hydrogen-bond donors (Lipinski definition) is 0. The van der Waals surface area contributed by atoms with Crippen LogP contribution in [0.25, 0.3) is 0 Å². The van der Waals surface area contributed by atoms with Crippen molar-refractivity contribution < 1.29 is 9.13 Å². The fourth-order valence-corrected chi connectivity index (χ4v) is 4.05. The summed E-state index contributed by atoms with van der Waals surface area (Å²) in [6.07, 6.45) is 16.5. The first-order valence-corrected chi connectivity index (χ1v) is 12.3. The van der Waals surface area contributed by atoms with Gasteiger partial charge in [-0.25, -0.2) is 4.39 Å². The van der Waals surface area contributed by atoms with Crippen LogP contribution in [0.4, 0.5) is 4.39 Å². The van der Waals surface area contributed by atoms with E-state index < -0.39 is 0 Å². The van der Waals surface area contributed by atoms with E-state index >= 15 is 0 Å². The second-order valence-electron chi connectivity index (χ2n) is 7.80. The van der Waals surface area contributed by atoms with Crippen LogP contribution in [0, 0.1) is 5.82 Å². The van der Waals surface area contributed by atoms with Gasteiger partial charge in [-0.1, -0.05) is 69.9 Å². The van der Waals surface area contributed by atoms with E-state index in [9.17, 15) is 4.39 Å². The normalized spacial score (nSPS) is 11.4. The number of benzene rings is 1. The molecule has 0 aromatic heterocycles. The summed E-state index contributed by atoms with van der Waals surface area (Å²) >= 11 is 2.03. The minimum Gasteiger partial charge on any atom is -0.378 e. The molecule has 0 fully saturated rings. The first kappa shape index (κ1) is 24.5. The lowest BCUT2D eigenvalue weighted by molar-refractivity contribution is 0.0920. The molecule has 0 atom stereocenters. The van der Waals surface area contributed by atoms with Gasteiger partial charge in [-0.3, -0.25) is 0 Å². The lowest BCUT2D eigenvalue weighted by Crippen LogP contribution is -2.05. The Labute approximate surface area is 171 Å².